The predicted octanol–water partition coefficient (Wildman–Crippen LogP) is 4.66. The van der Waals surface area contributed by atoms with Crippen LogP contribution < -0.4 is 10.1 Å². The lowest BCUT2D eigenvalue weighted by atomic mass is 10.2. The Kier molecular flexibility index (Phi) is 6.90. The lowest BCUT2D eigenvalue weighted by Crippen LogP contribution is -2.15. The molecule has 0 aliphatic carbocycles. The second-order valence-electron chi connectivity index (χ2n) is 5.89. The molecule has 0 spiro atoms. The highest BCUT2D eigenvalue weighted by molar-refractivity contribution is 7.99. The minimum absolute atomic E-state index is 0.0889. The molecule has 1 N–H and O–H groups in total. The van der Waals surface area contributed by atoms with Gasteiger partial charge in [-0.15, -0.1) is 16.8 Å². The summed E-state index contributed by atoms with van der Waals surface area (Å²) in [6, 6.07) is 11.3. The number of nitrogens with zero attached hydrogens (tertiary/aromatic N) is 3. The van der Waals surface area contributed by atoms with Crippen LogP contribution in [0.1, 0.15) is 0 Å². The first kappa shape index (κ1) is 20.9. The van der Waals surface area contributed by atoms with Crippen molar-refractivity contribution in [3.05, 3.63) is 66.0 Å². The maximum atomic E-state index is 13.1. The molecule has 0 unspecified atom stereocenters. The number of benzene rings is 2. The molecule has 1 amide bonds. The molecule has 0 aliphatic heterocycles. The third-order valence-electron chi connectivity index (χ3n) is 3.91. The van der Waals surface area contributed by atoms with Crippen molar-refractivity contribution in [2.24, 2.45) is 0 Å². The maximum absolute atomic E-state index is 13.1. The van der Waals surface area contributed by atoms with Crippen LogP contribution in [0.25, 0.3) is 11.4 Å². The molecule has 6 nitrogen and oxygen atoms in total. The van der Waals surface area contributed by atoms with Gasteiger partial charge in [0.15, 0.2) is 11.0 Å². The largest absolute Gasteiger partial charge is 0.497 e. The molecule has 3 aromatic rings. The van der Waals surface area contributed by atoms with Gasteiger partial charge in [0.05, 0.1) is 23.6 Å². The van der Waals surface area contributed by atoms with Gasteiger partial charge >= 0.3 is 0 Å². The Morgan fingerprint density at radius 1 is 1.31 bits per heavy atom. The Labute approximate surface area is 176 Å². The Bertz CT molecular complexity index is 1020. The zero-order valence-electron chi connectivity index (χ0n) is 15.6. The number of amides is 1. The van der Waals surface area contributed by atoms with E-state index in [9.17, 15) is 9.18 Å². The van der Waals surface area contributed by atoms with Gasteiger partial charge in [0.25, 0.3) is 0 Å². The number of methoxy groups -OCH3 is 1. The number of hydrogen-bond donors (Lipinski definition) is 1. The van der Waals surface area contributed by atoms with E-state index in [1.165, 1.54) is 23.9 Å². The predicted molar refractivity (Wildman–Crippen MR) is 113 cm³/mol. The fraction of sp³-hybridized carbons (Fsp3) is 0.150. The molecular weight excluding hydrogens is 415 g/mol. The summed E-state index contributed by atoms with van der Waals surface area (Å²) in [5.74, 6) is 0.742. The highest BCUT2D eigenvalue weighted by atomic mass is 35.5. The minimum Gasteiger partial charge on any atom is -0.497 e. The van der Waals surface area contributed by atoms with Crippen LogP contribution in [0.5, 0.6) is 5.75 Å². The van der Waals surface area contributed by atoms with E-state index in [2.05, 4.69) is 22.1 Å². The number of anilines is 1. The maximum Gasteiger partial charge on any atom is 0.234 e. The van der Waals surface area contributed by atoms with E-state index in [4.69, 9.17) is 16.3 Å². The standard InChI is InChI=1S/C20H18ClFN4O2S/c1-3-10-26-19(13-4-7-15(28-2)8-5-13)24-25-20(26)29-12-18(27)23-17-9-6-14(22)11-16(17)21/h3-9,11H,1,10,12H2,2H3,(H,23,27). The van der Waals surface area contributed by atoms with E-state index in [-0.39, 0.29) is 16.7 Å². The Morgan fingerprint density at radius 3 is 2.72 bits per heavy atom. The summed E-state index contributed by atoms with van der Waals surface area (Å²) in [5.41, 5.74) is 1.22. The number of aromatic nitrogens is 3. The second kappa shape index (κ2) is 9.58. The second-order valence-corrected chi connectivity index (χ2v) is 7.24. The molecule has 0 fully saturated rings. The molecule has 0 atom stereocenters. The number of halogens is 2. The van der Waals surface area contributed by atoms with E-state index < -0.39 is 5.82 Å². The number of thioether (sulfide) groups is 1. The molecule has 2 aromatic carbocycles. The molecule has 3 rings (SSSR count). The van der Waals surface area contributed by atoms with Gasteiger partial charge < -0.3 is 10.1 Å². The van der Waals surface area contributed by atoms with Crippen LogP contribution in [0.2, 0.25) is 5.02 Å². The number of rotatable bonds is 8. The van der Waals surface area contributed by atoms with Gasteiger partial charge in [0.2, 0.25) is 5.91 Å². The SMILES string of the molecule is C=CCn1c(SCC(=O)Nc2ccc(F)cc2Cl)nnc1-c1ccc(OC)cc1. The lowest BCUT2D eigenvalue weighted by Gasteiger charge is -2.09. The number of allylic oxidation sites excluding steroid dienone is 1. The number of carbonyl (C=O) groups is 1. The van der Waals surface area contributed by atoms with E-state index in [1.54, 1.807) is 13.2 Å². The Balaban J connectivity index is 1.72. The summed E-state index contributed by atoms with van der Waals surface area (Å²) in [6.45, 7) is 4.26. The first-order valence-electron chi connectivity index (χ1n) is 8.58. The van der Waals surface area contributed by atoms with Crippen molar-refractivity contribution >= 4 is 35.0 Å². The summed E-state index contributed by atoms with van der Waals surface area (Å²) >= 11 is 7.18. The van der Waals surface area contributed by atoms with Crippen molar-refractivity contribution in [3.8, 4) is 17.1 Å². The first-order valence-corrected chi connectivity index (χ1v) is 9.94. The average Bonchev–Trinajstić information content (AvgIpc) is 3.11. The molecule has 1 aromatic heterocycles. The topological polar surface area (TPSA) is 69.0 Å². The molecule has 0 saturated carbocycles. The quantitative estimate of drug-likeness (QED) is 0.414. The van der Waals surface area contributed by atoms with Crippen LogP contribution >= 0.6 is 23.4 Å². The lowest BCUT2D eigenvalue weighted by molar-refractivity contribution is -0.113. The fourth-order valence-electron chi connectivity index (χ4n) is 2.55. The summed E-state index contributed by atoms with van der Waals surface area (Å²) in [7, 11) is 1.61. The van der Waals surface area contributed by atoms with E-state index in [0.29, 0.717) is 23.2 Å². The highest BCUT2D eigenvalue weighted by Gasteiger charge is 2.15. The molecule has 0 aliphatic rings. The summed E-state index contributed by atoms with van der Waals surface area (Å²) < 4.78 is 20.2. The van der Waals surface area contributed by atoms with Gasteiger partial charge in [0, 0.05) is 12.1 Å². The zero-order valence-corrected chi connectivity index (χ0v) is 17.1. The van der Waals surface area contributed by atoms with Gasteiger partial charge in [0.1, 0.15) is 11.6 Å². The molecule has 29 heavy (non-hydrogen) atoms. The summed E-state index contributed by atoms with van der Waals surface area (Å²) in [4.78, 5) is 12.3. The number of hydrogen-bond acceptors (Lipinski definition) is 5. The minimum atomic E-state index is -0.467. The normalized spacial score (nSPS) is 10.6. The van der Waals surface area contributed by atoms with Crippen LogP contribution in [0.4, 0.5) is 10.1 Å². The smallest absolute Gasteiger partial charge is 0.234 e. The average molecular weight is 433 g/mol. The van der Waals surface area contributed by atoms with Gasteiger partial charge in [-0.2, -0.15) is 0 Å². The van der Waals surface area contributed by atoms with E-state index in [0.717, 1.165) is 17.4 Å². The van der Waals surface area contributed by atoms with E-state index in [1.807, 2.05) is 28.8 Å². The molecular formula is C20H18ClFN4O2S. The van der Waals surface area contributed by atoms with Gasteiger partial charge in [-0.3, -0.25) is 9.36 Å². The van der Waals surface area contributed by atoms with Crippen molar-refractivity contribution in [2.75, 3.05) is 18.2 Å². The van der Waals surface area contributed by atoms with Crippen molar-refractivity contribution in [3.63, 3.8) is 0 Å². The number of nitrogens with one attached hydrogen (secondary N) is 1. The highest BCUT2D eigenvalue weighted by Crippen LogP contribution is 2.27. The molecule has 0 bridgehead atoms. The van der Waals surface area contributed by atoms with Crippen LogP contribution in [0.15, 0.2) is 60.3 Å². The van der Waals surface area contributed by atoms with Crippen LogP contribution in [0, 0.1) is 5.82 Å². The van der Waals surface area contributed by atoms with Crippen molar-refractivity contribution in [1.82, 2.24) is 14.8 Å². The molecule has 9 heteroatoms. The Morgan fingerprint density at radius 2 is 2.07 bits per heavy atom. The number of carbonyl (C=O) groups excluding carboxylic acids is 1. The molecule has 150 valence electrons. The molecule has 0 radical (unpaired) electrons. The monoisotopic (exact) mass is 432 g/mol. The number of ether oxygens (including phenoxy) is 1. The third kappa shape index (κ3) is 5.16. The molecule has 1 heterocycles. The third-order valence-corrected chi connectivity index (χ3v) is 5.19. The van der Waals surface area contributed by atoms with Crippen molar-refractivity contribution < 1.29 is 13.9 Å². The van der Waals surface area contributed by atoms with Crippen LogP contribution in [0.3, 0.4) is 0 Å². The first-order chi connectivity index (χ1) is 14.0. The van der Waals surface area contributed by atoms with Gasteiger partial charge in [-0.25, -0.2) is 4.39 Å². The summed E-state index contributed by atoms with van der Waals surface area (Å²) in [5, 5.41) is 11.8. The van der Waals surface area contributed by atoms with Crippen molar-refractivity contribution in [2.45, 2.75) is 11.7 Å². The van der Waals surface area contributed by atoms with Gasteiger partial charge in [-0.05, 0) is 42.5 Å². The molecule has 0 saturated heterocycles. The van der Waals surface area contributed by atoms with Crippen LogP contribution in [-0.2, 0) is 11.3 Å². The van der Waals surface area contributed by atoms with Gasteiger partial charge in [-0.1, -0.05) is 29.4 Å². The summed E-state index contributed by atoms with van der Waals surface area (Å²) in [6.07, 6.45) is 1.73. The Hall–Kier alpha value is -2.84. The van der Waals surface area contributed by atoms with Crippen molar-refractivity contribution in [1.29, 1.82) is 0 Å². The van der Waals surface area contributed by atoms with Crippen LogP contribution in [-0.4, -0.2) is 33.5 Å². The fourth-order valence-corrected chi connectivity index (χ4v) is 3.51. The van der Waals surface area contributed by atoms with E-state index >= 15 is 0 Å². The zero-order chi connectivity index (χ0) is 20.8.